The summed E-state index contributed by atoms with van der Waals surface area (Å²) >= 11 is 0. The first-order valence-corrected chi connectivity index (χ1v) is 5.54. The first kappa shape index (κ1) is 12.3. The standard InChI is InChI=1S/C13H23NO/c1-8-9-10(12(2,3)4)15-11(14-9)13(5,6)7/h8-10H,1H2,2-7H3. The summed E-state index contributed by atoms with van der Waals surface area (Å²) in [5.41, 5.74) is 0.0800. The van der Waals surface area contributed by atoms with Crippen molar-refractivity contribution >= 4 is 5.90 Å². The molecule has 0 aliphatic carbocycles. The molecule has 0 saturated carbocycles. The van der Waals surface area contributed by atoms with Gasteiger partial charge in [0, 0.05) is 10.8 Å². The van der Waals surface area contributed by atoms with Crippen molar-refractivity contribution in [3.63, 3.8) is 0 Å². The SMILES string of the molecule is C=CC1N=C(C(C)(C)C)OC1C(C)(C)C. The van der Waals surface area contributed by atoms with Gasteiger partial charge >= 0.3 is 0 Å². The molecule has 86 valence electrons. The van der Waals surface area contributed by atoms with Gasteiger partial charge in [0.2, 0.25) is 0 Å². The molecule has 0 fully saturated rings. The summed E-state index contributed by atoms with van der Waals surface area (Å²) in [5.74, 6) is 0.854. The van der Waals surface area contributed by atoms with E-state index in [1.54, 1.807) is 0 Å². The van der Waals surface area contributed by atoms with E-state index in [4.69, 9.17) is 4.74 Å². The van der Waals surface area contributed by atoms with Gasteiger partial charge in [0.15, 0.2) is 5.90 Å². The average molecular weight is 209 g/mol. The maximum absolute atomic E-state index is 5.97. The van der Waals surface area contributed by atoms with Crippen molar-refractivity contribution < 1.29 is 4.74 Å². The molecule has 0 spiro atoms. The molecule has 0 aromatic carbocycles. The predicted octanol–water partition coefficient (Wildman–Crippen LogP) is 3.43. The highest BCUT2D eigenvalue weighted by Gasteiger charge is 2.40. The lowest BCUT2D eigenvalue weighted by Gasteiger charge is -2.30. The zero-order chi connectivity index (χ0) is 11.9. The molecule has 0 aromatic heterocycles. The van der Waals surface area contributed by atoms with Crippen molar-refractivity contribution in [3.8, 4) is 0 Å². The first-order chi connectivity index (χ1) is 6.66. The molecule has 2 atom stereocenters. The van der Waals surface area contributed by atoms with Gasteiger partial charge < -0.3 is 4.74 Å². The highest BCUT2D eigenvalue weighted by molar-refractivity contribution is 5.83. The van der Waals surface area contributed by atoms with Crippen LogP contribution in [0.3, 0.4) is 0 Å². The lowest BCUT2D eigenvalue weighted by molar-refractivity contribution is 0.0776. The molecule has 0 saturated heterocycles. The zero-order valence-corrected chi connectivity index (χ0v) is 10.8. The van der Waals surface area contributed by atoms with Crippen LogP contribution in [0.25, 0.3) is 0 Å². The van der Waals surface area contributed by atoms with Gasteiger partial charge in [-0.2, -0.15) is 0 Å². The van der Waals surface area contributed by atoms with Crippen molar-refractivity contribution in [3.05, 3.63) is 12.7 Å². The van der Waals surface area contributed by atoms with E-state index in [1.807, 2.05) is 6.08 Å². The Hall–Kier alpha value is -0.790. The lowest BCUT2D eigenvalue weighted by Crippen LogP contribution is -2.36. The highest BCUT2D eigenvalue weighted by atomic mass is 16.5. The summed E-state index contributed by atoms with van der Waals surface area (Å²) in [6, 6.07) is 0.0965. The lowest BCUT2D eigenvalue weighted by atomic mass is 9.85. The number of aliphatic imine (C=N–C) groups is 1. The summed E-state index contributed by atoms with van der Waals surface area (Å²) in [7, 11) is 0. The average Bonchev–Trinajstić information content (AvgIpc) is 2.44. The Morgan fingerprint density at radius 2 is 1.73 bits per heavy atom. The van der Waals surface area contributed by atoms with Gasteiger partial charge in [-0.3, -0.25) is 0 Å². The van der Waals surface area contributed by atoms with E-state index >= 15 is 0 Å². The second-order valence-electron chi connectivity index (χ2n) is 6.32. The van der Waals surface area contributed by atoms with Crippen LogP contribution in [0.2, 0.25) is 0 Å². The largest absolute Gasteiger partial charge is 0.474 e. The molecule has 0 radical (unpaired) electrons. The summed E-state index contributed by atoms with van der Waals surface area (Å²) in [6.45, 7) is 16.7. The fraction of sp³-hybridized carbons (Fsp3) is 0.769. The van der Waals surface area contributed by atoms with Crippen LogP contribution in [0.1, 0.15) is 41.5 Å². The normalized spacial score (nSPS) is 27.2. The Morgan fingerprint density at radius 1 is 1.20 bits per heavy atom. The van der Waals surface area contributed by atoms with Crippen LogP contribution in [0.15, 0.2) is 17.6 Å². The van der Waals surface area contributed by atoms with Crippen molar-refractivity contribution in [2.24, 2.45) is 15.8 Å². The van der Waals surface area contributed by atoms with Crippen LogP contribution in [-0.2, 0) is 4.74 Å². The number of hydrogen-bond acceptors (Lipinski definition) is 2. The van der Waals surface area contributed by atoms with Crippen LogP contribution < -0.4 is 0 Å². The fourth-order valence-electron chi connectivity index (χ4n) is 1.66. The minimum absolute atomic E-state index is 0.0126. The van der Waals surface area contributed by atoms with Gasteiger partial charge in [-0.1, -0.05) is 47.6 Å². The van der Waals surface area contributed by atoms with Crippen LogP contribution in [0.4, 0.5) is 0 Å². The van der Waals surface area contributed by atoms with E-state index in [0.717, 1.165) is 5.90 Å². The summed E-state index contributed by atoms with van der Waals surface area (Å²) < 4.78 is 5.97. The van der Waals surface area contributed by atoms with Crippen LogP contribution in [0.5, 0.6) is 0 Å². The van der Waals surface area contributed by atoms with Gasteiger partial charge in [0.25, 0.3) is 0 Å². The van der Waals surface area contributed by atoms with Gasteiger partial charge in [-0.25, -0.2) is 4.99 Å². The Bertz CT molecular complexity index is 278. The minimum Gasteiger partial charge on any atom is -0.474 e. The smallest absolute Gasteiger partial charge is 0.189 e. The fourth-order valence-corrected chi connectivity index (χ4v) is 1.66. The quantitative estimate of drug-likeness (QED) is 0.606. The molecule has 15 heavy (non-hydrogen) atoms. The van der Waals surface area contributed by atoms with E-state index in [0.29, 0.717) is 0 Å². The van der Waals surface area contributed by atoms with Crippen LogP contribution in [0, 0.1) is 10.8 Å². The molecular formula is C13H23NO. The number of rotatable bonds is 1. The second kappa shape index (κ2) is 3.66. The summed E-state index contributed by atoms with van der Waals surface area (Å²) in [5, 5.41) is 0. The third-order valence-corrected chi connectivity index (χ3v) is 2.55. The minimum atomic E-state index is -0.0126. The number of nitrogens with zero attached hydrogens (tertiary/aromatic N) is 1. The third-order valence-electron chi connectivity index (χ3n) is 2.55. The Kier molecular flexibility index (Phi) is 2.99. The van der Waals surface area contributed by atoms with Gasteiger partial charge in [-0.15, -0.1) is 6.58 Å². The molecule has 1 aliphatic heterocycles. The molecule has 1 rings (SSSR count). The molecule has 0 amide bonds. The Morgan fingerprint density at radius 3 is 2.00 bits per heavy atom. The highest BCUT2D eigenvalue weighted by Crippen LogP contribution is 2.35. The zero-order valence-electron chi connectivity index (χ0n) is 10.8. The van der Waals surface area contributed by atoms with Crippen LogP contribution in [-0.4, -0.2) is 18.0 Å². The summed E-state index contributed by atoms with van der Waals surface area (Å²) in [6.07, 6.45) is 2.00. The molecule has 0 N–H and O–H groups in total. The predicted molar refractivity (Wildman–Crippen MR) is 65.2 cm³/mol. The first-order valence-electron chi connectivity index (χ1n) is 5.54. The van der Waals surface area contributed by atoms with Crippen molar-refractivity contribution in [2.45, 2.75) is 53.7 Å². The third kappa shape index (κ3) is 2.61. The monoisotopic (exact) mass is 209 g/mol. The number of hydrogen-bond donors (Lipinski definition) is 0. The van der Waals surface area contributed by atoms with E-state index in [2.05, 4.69) is 53.1 Å². The van der Waals surface area contributed by atoms with Crippen molar-refractivity contribution in [2.75, 3.05) is 0 Å². The van der Waals surface area contributed by atoms with E-state index < -0.39 is 0 Å². The van der Waals surface area contributed by atoms with E-state index in [-0.39, 0.29) is 23.0 Å². The van der Waals surface area contributed by atoms with E-state index in [1.165, 1.54) is 0 Å². The maximum Gasteiger partial charge on any atom is 0.189 e. The van der Waals surface area contributed by atoms with Crippen molar-refractivity contribution in [1.29, 1.82) is 0 Å². The molecule has 2 nitrogen and oxygen atoms in total. The second-order valence-corrected chi connectivity index (χ2v) is 6.32. The van der Waals surface area contributed by atoms with Gasteiger partial charge in [-0.05, 0) is 0 Å². The molecule has 2 heteroatoms. The van der Waals surface area contributed by atoms with Gasteiger partial charge in [0.05, 0.1) is 0 Å². The molecule has 1 heterocycles. The summed E-state index contributed by atoms with van der Waals surface area (Å²) in [4.78, 5) is 4.60. The van der Waals surface area contributed by atoms with Crippen LogP contribution >= 0.6 is 0 Å². The molecular weight excluding hydrogens is 186 g/mol. The Balaban J connectivity index is 2.91. The molecule has 2 unspecified atom stereocenters. The molecule has 1 aliphatic rings. The molecule has 0 aromatic rings. The molecule has 0 bridgehead atoms. The topological polar surface area (TPSA) is 21.6 Å². The van der Waals surface area contributed by atoms with Crippen molar-refractivity contribution in [1.82, 2.24) is 0 Å². The Labute approximate surface area is 93.4 Å². The number of ether oxygens (including phenoxy) is 1. The van der Waals surface area contributed by atoms with Gasteiger partial charge in [0.1, 0.15) is 12.1 Å². The maximum atomic E-state index is 5.97. The van der Waals surface area contributed by atoms with E-state index in [9.17, 15) is 0 Å².